The maximum Gasteiger partial charge on any atom is 0.307 e. The summed E-state index contributed by atoms with van der Waals surface area (Å²) < 4.78 is 0. The highest BCUT2D eigenvalue weighted by Crippen LogP contribution is 2.67. The molecule has 2 aliphatic carbocycles. The van der Waals surface area contributed by atoms with E-state index < -0.39 is 5.97 Å². The van der Waals surface area contributed by atoms with E-state index >= 15 is 0 Å². The number of carboxylic acid groups (broad SMARTS) is 1. The molecule has 2 nitrogen and oxygen atoms in total. The molecule has 0 aromatic heterocycles. The second-order valence-corrected chi connectivity index (χ2v) is 5.82. The highest BCUT2D eigenvalue weighted by atomic mass is 16.4. The maximum absolute atomic E-state index is 11.3. The van der Waals surface area contributed by atoms with E-state index in [0.29, 0.717) is 11.3 Å². The Morgan fingerprint density at radius 2 is 1.93 bits per heavy atom. The molecule has 1 N–H and O–H groups in total. The summed E-state index contributed by atoms with van der Waals surface area (Å²) >= 11 is 0. The molecular weight excluding hydrogens is 176 g/mol. The fourth-order valence-electron chi connectivity index (χ4n) is 4.34. The summed E-state index contributed by atoms with van der Waals surface area (Å²) in [6, 6.07) is 0. The number of carboxylic acids is 1. The van der Waals surface area contributed by atoms with Gasteiger partial charge in [-0.2, -0.15) is 0 Å². The van der Waals surface area contributed by atoms with Crippen LogP contribution in [0.4, 0.5) is 0 Å². The zero-order chi connectivity index (χ0) is 10.6. The molecule has 0 aliphatic heterocycles. The summed E-state index contributed by atoms with van der Waals surface area (Å²) in [5.41, 5.74) is 0.397. The minimum atomic E-state index is -0.567. The Bertz CT molecular complexity index is 273. The van der Waals surface area contributed by atoms with Gasteiger partial charge < -0.3 is 5.11 Å². The fourth-order valence-corrected chi connectivity index (χ4v) is 4.34. The third-order valence-electron chi connectivity index (χ3n) is 4.83. The van der Waals surface area contributed by atoms with Gasteiger partial charge in [-0.25, -0.2) is 0 Å². The Morgan fingerprint density at radius 3 is 2.36 bits per heavy atom. The van der Waals surface area contributed by atoms with Gasteiger partial charge in [-0.1, -0.05) is 27.2 Å². The molecule has 0 saturated heterocycles. The van der Waals surface area contributed by atoms with Crippen molar-refractivity contribution in [2.24, 2.45) is 22.7 Å². The van der Waals surface area contributed by atoms with Crippen molar-refractivity contribution in [1.29, 1.82) is 0 Å². The third kappa shape index (κ3) is 1.06. The van der Waals surface area contributed by atoms with Crippen molar-refractivity contribution in [1.82, 2.24) is 0 Å². The second kappa shape index (κ2) is 2.74. The van der Waals surface area contributed by atoms with E-state index in [4.69, 9.17) is 0 Å². The van der Waals surface area contributed by atoms with Crippen LogP contribution < -0.4 is 0 Å². The van der Waals surface area contributed by atoms with Crippen LogP contribution in [0, 0.1) is 22.7 Å². The molecule has 2 fully saturated rings. The number of fused-ring (bicyclic) bond motifs is 2. The molecule has 0 aromatic rings. The average Bonchev–Trinajstić information content (AvgIpc) is 2.49. The summed E-state index contributed by atoms with van der Waals surface area (Å²) in [7, 11) is 0. The molecular formula is C12H20O2. The van der Waals surface area contributed by atoms with Gasteiger partial charge in [0.05, 0.1) is 5.92 Å². The first-order valence-electron chi connectivity index (χ1n) is 5.66. The van der Waals surface area contributed by atoms with Crippen LogP contribution in [0.2, 0.25) is 0 Å². The molecule has 2 aliphatic rings. The number of aliphatic carboxylic acids is 1. The molecule has 0 radical (unpaired) electrons. The molecule has 2 heteroatoms. The summed E-state index contributed by atoms with van der Waals surface area (Å²) in [6.07, 6.45) is 4.47. The lowest BCUT2D eigenvalue weighted by Crippen LogP contribution is -2.37. The van der Waals surface area contributed by atoms with Crippen LogP contribution >= 0.6 is 0 Å². The number of hydrogen-bond donors (Lipinski definition) is 1. The highest BCUT2D eigenvalue weighted by molar-refractivity contribution is 5.72. The van der Waals surface area contributed by atoms with E-state index in [0.717, 1.165) is 19.3 Å². The topological polar surface area (TPSA) is 37.3 Å². The van der Waals surface area contributed by atoms with Gasteiger partial charge in [0.15, 0.2) is 0 Å². The second-order valence-electron chi connectivity index (χ2n) is 5.82. The van der Waals surface area contributed by atoms with Gasteiger partial charge in [0.2, 0.25) is 0 Å². The first-order valence-corrected chi connectivity index (χ1v) is 5.66. The van der Waals surface area contributed by atoms with Gasteiger partial charge in [0, 0.05) is 0 Å². The molecule has 0 spiro atoms. The Balaban J connectivity index is 2.37. The monoisotopic (exact) mass is 196 g/mol. The quantitative estimate of drug-likeness (QED) is 0.737. The summed E-state index contributed by atoms with van der Waals surface area (Å²) in [4.78, 5) is 11.3. The van der Waals surface area contributed by atoms with Crippen LogP contribution in [0.25, 0.3) is 0 Å². The Hall–Kier alpha value is -0.530. The minimum Gasteiger partial charge on any atom is -0.481 e. The highest BCUT2D eigenvalue weighted by Gasteiger charge is 2.62. The average molecular weight is 196 g/mol. The van der Waals surface area contributed by atoms with Crippen molar-refractivity contribution < 1.29 is 9.90 Å². The van der Waals surface area contributed by atoms with Gasteiger partial charge in [-0.05, 0) is 36.0 Å². The van der Waals surface area contributed by atoms with E-state index in [9.17, 15) is 9.90 Å². The molecule has 3 unspecified atom stereocenters. The SMILES string of the molecule is CCC1C(C(=O)O)[C@]2(C)CCC1(C)C2. The first kappa shape index (κ1) is 10.0. The lowest BCUT2D eigenvalue weighted by molar-refractivity contribution is -0.149. The molecule has 0 amide bonds. The molecule has 80 valence electrons. The standard InChI is InChI=1S/C12H20O2/c1-4-8-9(10(13)14)12(3)6-5-11(8,2)7-12/h8-9H,4-7H2,1-3H3,(H,13,14)/t8?,9?,11?,12-/m1/s1. The lowest BCUT2D eigenvalue weighted by Gasteiger charge is -2.37. The Morgan fingerprint density at radius 1 is 1.36 bits per heavy atom. The molecule has 14 heavy (non-hydrogen) atoms. The zero-order valence-electron chi connectivity index (χ0n) is 9.34. The van der Waals surface area contributed by atoms with Crippen LogP contribution in [-0.2, 0) is 4.79 Å². The largest absolute Gasteiger partial charge is 0.481 e. The third-order valence-corrected chi connectivity index (χ3v) is 4.83. The predicted octanol–water partition coefficient (Wildman–Crippen LogP) is 2.92. The van der Waals surface area contributed by atoms with E-state index in [2.05, 4.69) is 20.8 Å². The van der Waals surface area contributed by atoms with Crippen molar-refractivity contribution in [2.45, 2.75) is 46.5 Å². The van der Waals surface area contributed by atoms with Crippen molar-refractivity contribution in [3.05, 3.63) is 0 Å². The van der Waals surface area contributed by atoms with Crippen molar-refractivity contribution >= 4 is 5.97 Å². The van der Waals surface area contributed by atoms with Crippen LogP contribution in [-0.4, -0.2) is 11.1 Å². The minimum absolute atomic E-state index is 0.0846. The number of hydrogen-bond acceptors (Lipinski definition) is 1. The number of carbonyl (C=O) groups is 1. The van der Waals surface area contributed by atoms with Crippen LogP contribution in [0.5, 0.6) is 0 Å². The van der Waals surface area contributed by atoms with E-state index in [1.54, 1.807) is 0 Å². The van der Waals surface area contributed by atoms with Crippen LogP contribution in [0.3, 0.4) is 0 Å². The Kier molecular flexibility index (Phi) is 1.96. The van der Waals surface area contributed by atoms with E-state index in [1.165, 1.54) is 6.42 Å². The number of rotatable bonds is 2. The van der Waals surface area contributed by atoms with Crippen LogP contribution in [0.15, 0.2) is 0 Å². The molecule has 2 bridgehead atoms. The van der Waals surface area contributed by atoms with Gasteiger partial charge in [-0.15, -0.1) is 0 Å². The lowest BCUT2D eigenvalue weighted by atomic mass is 9.67. The zero-order valence-corrected chi connectivity index (χ0v) is 9.34. The van der Waals surface area contributed by atoms with Gasteiger partial charge in [-0.3, -0.25) is 4.79 Å². The van der Waals surface area contributed by atoms with Gasteiger partial charge in [0.25, 0.3) is 0 Å². The van der Waals surface area contributed by atoms with Crippen LogP contribution in [0.1, 0.15) is 46.5 Å². The predicted molar refractivity (Wildman–Crippen MR) is 55.0 cm³/mol. The molecule has 4 atom stereocenters. The molecule has 2 saturated carbocycles. The fraction of sp³-hybridized carbons (Fsp3) is 0.917. The molecule has 0 aromatic carbocycles. The first-order chi connectivity index (χ1) is 6.43. The summed E-state index contributed by atoms with van der Waals surface area (Å²) in [5, 5.41) is 9.32. The normalized spacial score (nSPS) is 51.1. The molecule has 0 heterocycles. The van der Waals surface area contributed by atoms with E-state index in [-0.39, 0.29) is 11.3 Å². The van der Waals surface area contributed by atoms with Crippen molar-refractivity contribution in [3.8, 4) is 0 Å². The Labute approximate surface area is 85.7 Å². The van der Waals surface area contributed by atoms with Gasteiger partial charge >= 0.3 is 5.97 Å². The van der Waals surface area contributed by atoms with E-state index in [1.807, 2.05) is 0 Å². The summed E-state index contributed by atoms with van der Waals surface area (Å²) in [6.45, 7) is 6.60. The summed E-state index contributed by atoms with van der Waals surface area (Å²) in [5.74, 6) is -0.257. The smallest absolute Gasteiger partial charge is 0.307 e. The van der Waals surface area contributed by atoms with Crippen molar-refractivity contribution in [3.63, 3.8) is 0 Å². The molecule has 2 rings (SSSR count). The van der Waals surface area contributed by atoms with Crippen molar-refractivity contribution in [2.75, 3.05) is 0 Å². The maximum atomic E-state index is 11.3. The van der Waals surface area contributed by atoms with Gasteiger partial charge in [0.1, 0.15) is 0 Å².